The Balaban J connectivity index is 1.30. The third-order valence-electron chi connectivity index (χ3n) is 5.67. The lowest BCUT2D eigenvalue weighted by Gasteiger charge is -2.38. The van der Waals surface area contributed by atoms with Gasteiger partial charge >= 0.3 is 0 Å². The van der Waals surface area contributed by atoms with E-state index in [2.05, 4.69) is 26.7 Å². The quantitative estimate of drug-likeness (QED) is 0.733. The average molecular weight is 403 g/mol. The van der Waals surface area contributed by atoms with E-state index in [0.717, 1.165) is 37.7 Å². The zero-order valence-corrected chi connectivity index (χ0v) is 17.2. The van der Waals surface area contributed by atoms with Crippen molar-refractivity contribution in [3.05, 3.63) is 42.2 Å². The molecule has 2 aliphatic rings. The highest BCUT2D eigenvalue weighted by atomic mass is 32.2. The van der Waals surface area contributed by atoms with Crippen LogP contribution in [0, 0.1) is 0 Å². The van der Waals surface area contributed by atoms with Crippen LogP contribution in [0.25, 0.3) is 0 Å². The number of hydrogen-bond acceptors (Lipinski definition) is 7. The molecule has 150 valence electrons. The lowest BCUT2D eigenvalue weighted by molar-refractivity contribution is 0.179. The minimum Gasteiger partial charge on any atom is -0.486 e. The molecule has 0 amide bonds. The SMILES string of the molecule is CC1(N2CCN(c3ncc(OCc4ccc(S(C)(=O)=O)cc4)cn3)CC2)CC1. The fourth-order valence-electron chi connectivity index (χ4n) is 3.49. The maximum absolute atomic E-state index is 11.5. The zero-order valence-electron chi connectivity index (χ0n) is 16.3. The first-order valence-corrected chi connectivity index (χ1v) is 11.5. The topological polar surface area (TPSA) is 75.6 Å². The summed E-state index contributed by atoms with van der Waals surface area (Å²) in [5.41, 5.74) is 1.32. The molecule has 7 nitrogen and oxygen atoms in total. The maximum atomic E-state index is 11.5. The molecular weight excluding hydrogens is 376 g/mol. The van der Waals surface area contributed by atoms with Crippen molar-refractivity contribution < 1.29 is 13.2 Å². The number of nitrogens with zero attached hydrogens (tertiary/aromatic N) is 4. The second-order valence-corrected chi connectivity index (χ2v) is 9.91. The monoisotopic (exact) mass is 402 g/mol. The number of anilines is 1. The molecule has 1 aliphatic carbocycles. The minimum absolute atomic E-state index is 0.305. The third-order valence-corrected chi connectivity index (χ3v) is 6.80. The van der Waals surface area contributed by atoms with Crippen LogP contribution in [0.2, 0.25) is 0 Å². The van der Waals surface area contributed by atoms with E-state index in [1.54, 1.807) is 36.7 Å². The van der Waals surface area contributed by atoms with Crippen molar-refractivity contribution in [2.75, 3.05) is 37.3 Å². The molecule has 2 heterocycles. The number of hydrogen-bond donors (Lipinski definition) is 0. The van der Waals surface area contributed by atoms with E-state index in [1.165, 1.54) is 19.1 Å². The molecule has 1 aliphatic heterocycles. The Morgan fingerprint density at radius 3 is 2.18 bits per heavy atom. The molecule has 2 aromatic rings. The summed E-state index contributed by atoms with van der Waals surface area (Å²) in [6.45, 7) is 6.69. The van der Waals surface area contributed by atoms with Crippen LogP contribution in [0.15, 0.2) is 41.6 Å². The molecule has 0 spiro atoms. The normalized spacial score (nSPS) is 19.4. The van der Waals surface area contributed by atoms with Crippen molar-refractivity contribution in [3.63, 3.8) is 0 Å². The summed E-state index contributed by atoms with van der Waals surface area (Å²) in [5, 5.41) is 0. The number of benzene rings is 1. The van der Waals surface area contributed by atoms with Gasteiger partial charge in [-0.3, -0.25) is 4.90 Å². The summed E-state index contributed by atoms with van der Waals surface area (Å²) in [6, 6.07) is 6.70. The van der Waals surface area contributed by atoms with E-state index < -0.39 is 9.84 Å². The Kier molecular flexibility index (Phi) is 5.01. The molecule has 0 bridgehead atoms. The molecule has 1 saturated heterocycles. The second kappa shape index (κ2) is 7.33. The van der Waals surface area contributed by atoms with Crippen LogP contribution in [0.1, 0.15) is 25.3 Å². The van der Waals surface area contributed by atoms with Crippen molar-refractivity contribution >= 4 is 15.8 Å². The van der Waals surface area contributed by atoms with E-state index in [1.807, 2.05) is 0 Å². The zero-order chi connectivity index (χ0) is 19.8. The summed E-state index contributed by atoms with van der Waals surface area (Å²) in [6.07, 6.45) is 7.21. The van der Waals surface area contributed by atoms with Gasteiger partial charge in [0.15, 0.2) is 15.6 Å². The van der Waals surface area contributed by atoms with Crippen LogP contribution >= 0.6 is 0 Å². The van der Waals surface area contributed by atoms with Gasteiger partial charge in [-0.05, 0) is 37.5 Å². The summed E-state index contributed by atoms with van der Waals surface area (Å²) in [4.78, 5) is 14.0. The van der Waals surface area contributed by atoms with Gasteiger partial charge in [-0.2, -0.15) is 0 Å². The number of ether oxygens (including phenoxy) is 1. The number of aromatic nitrogens is 2. The Morgan fingerprint density at radius 2 is 1.64 bits per heavy atom. The van der Waals surface area contributed by atoms with Crippen molar-refractivity contribution in [2.45, 2.75) is 36.8 Å². The van der Waals surface area contributed by atoms with Gasteiger partial charge in [0.25, 0.3) is 0 Å². The van der Waals surface area contributed by atoms with Crippen LogP contribution < -0.4 is 9.64 Å². The molecule has 0 radical (unpaired) electrons. The van der Waals surface area contributed by atoms with Gasteiger partial charge in [-0.15, -0.1) is 0 Å². The van der Waals surface area contributed by atoms with E-state index in [0.29, 0.717) is 22.8 Å². The fraction of sp³-hybridized carbons (Fsp3) is 0.500. The molecule has 4 rings (SSSR count). The summed E-state index contributed by atoms with van der Waals surface area (Å²) < 4.78 is 28.7. The van der Waals surface area contributed by atoms with Crippen molar-refractivity contribution in [1.29, 1.82) is 0 Å². The Labute approximate surface area is 166 Å². The number of piperazine rings is 1. The molecule has 0 unspecified atom stereocenters. The molecule has 0 N–H and O–H groups in total. The first-order chi connectivity index (χ1) is 13.3. The van der Waals surface area contributed by atoms with Gasteiger partial charge in [0.1, 0.15) is 6.61 Å². The first kappa shape index (κ1) is 19.1. The highest BCUT2D eigenvalue weighted by Crippen LogP contribution is 2.41. The van der Waals surface area contributed by atoms with Gasteiger partial charge in [0.05, 0.1) is 17.3 Å². The van der Waals surface area contributed by atoms with Crippen LogP contribution in [0.3, 0.4) is 0 Å². The maximum Gasteiger partial charge on any atom is 0.225 e. The Bertz CT molecular complexity index is 917. The van der Waals surface area contributed by atoms with Crippen LogP contribution in [-0.4, -0.2) is 61.3 Å². The third kappa shape index (κ3) is 4.28. The van der Waals surface area contributed by atoms with Crippen molar-refractivity contribution in [2.24, 2.45) is 0 Å². The molecule has 1 aromatic carbocycles. The standard InChI is InChI=1S/C20H26N4O3S/c1-20(7-8-20)24-11-9-23(10-12-24)19-21-13-17(14-22-19)27-15-16-3-5-18(6-4-16)28(2,25)26/h3-6,13-14H,7-12,15H2,1-2H3. The molecule has 28 heavy (non-hydrogen) atoms. The largest absolute Gasteiger partial charge is 0.486 e. The van der Waals surface area contributed by atoms with Crippen molar-refractivity contribution in [3.8, 4) is 5.75 Å². The predicted molar refractivity (Wildman–Crippen MR) is 107 cm³/mol. The average Bonchev–Trinajstić information content (AvgIpc) is 3.45. The molecule has 0 atom stereocenters. The van der Waals surface area contributed by atoms with E-state index in [4.69, 9.17) is 4.74 Å². The van der Waals surface area contributed by atoms with Gasteiger partial charge in [0.2, 0.25) is 5.95 Å². The first-order valence-electron chi connectivity index (χ1n) is 9.57. The molecule has 1 aromatic heterocycles. The van der Waals surface area contributed by atoms with E-state index in [9.17, 15) is 8.42 Å². The van der Waals surface area contributed by atoms with Crippen molar-refractivity contribution in [1.82, 2.24) is 14.9 Å². The van der Waals surface area contributed by atoms with Gasteiger partial charge < -0.3 is 9.64 Å². The van der Waals surface area contributed by atoms with Crippen LogP contribution in [0.5, 0.6) is 5.75 Å². The lowest BCUT2D eigenvalue weighted by atomic mass is 10.2. The minimum atomic E-state index is -3.18. The second-order valence-electron chi connectivity index (χ2n) is 7.89. The van der Waals surface area contributed by atoms with Gasteiger partial charge in [-0.25, -0.2) is 18.4 Å². The fourth-order valence-corrected chi connectivity index (χ4v) is 4.12. The van der Waals surface area contributed by atoms with Crippen LogP contribution in [-0.2, 0) is 16.4 Å². The predicted octanol–water partition coefficient (Wildman–Crippen LogP) is 2.13. The smallest absolute Gasteiger partial charge is 0.225 e. The Hall–Kier alpha value is -2.19. The molecule has 2 fully saturated rings. The highest BCUT2D eigenvalue weighted by molar-refractivity contribution is 7.90. The molecular formula is C20H26N4O3S. The summed E-state index contributed by atoms with van der Waals surface area (Å²) in [5.74, 6) is 1.34. The lowest BCUT2D eigenvalue weighted by Crippen LogP contribution is -2.51. The Morgan fingerprint density at radius 1 is 1.04 bits per heavy atom. The van der Waals surface area contributed by atoms with E-state index in [-0.39, 0.29) is 0 Å². The number of rotatable bonds is 6. The summed E-state index contributed by atoms with van der Waals surface area (Å²) in [7, 11) is -3.18. The number of sulfone groups is 1. The molecule has 1 saturated carbocycles. The molecule has 8 heteroatoms. The van der Waals surface area contributed by atoms with E-state index >= 15 is 0 Å². The summed E-state index contributed by atoms with van der Waals surface area (Å²) >= 11 is 0. The van der Waals surface area contributed by atoms with Gasteiger partial charge in [0, 0.05) is 38.0 Å². The highest BCUT2D eigenvalue weighted by Gasteiger charge is 2.43. The van der Waals surface area contributed by atoms with Crippen LogP contribution in [0.4, 0.5) is 5.95 Å². The van der Waals surface area contributed by atoms with Gasteiger partial charge in [-0.1, -0.05) is 12.1 Å².